The number of likely N-dealkylation sites (N-methyl/N-ethyl adjacent to an activating group) is 1. The van der Waals surface area contributed by atoms with E-state index in [0.717, 1.165) is 16.9 Å². The number of hydrogen-bond donors (Lipinski definition) is 1. The second-order valence-corrected chi connectivity index (χ2v) is 7.10. The van der Waals surface area contributed by atoms with Crippen molar-refractivity contribution >= 4 is 5.91 Å². The van der Waals surface area contributed by atoms with Crippen LogP contribution in [0.3, 0.4) is 0 Å². The summed E-state index contributed by atoms with van der Waals surface area (Å²) in [4.78, 5) is 13.9. The maximum atomic E-state index is 12.2. The number of ether oxygens (including phenoxy) is 1. The lowest BCUT2D eigenvalue weighted by Gasteiger charge is -2.29. The molecule has 0 heterocycles. The van der Waals surface area contributed by atoms with Gasteiger partial charge in [0.2, 0.25) is 0 Å². The van der Waals surface area contributed by atoms with Gasteiger partial charge in [-0.05, 0) is 42.0 Å². The molecule has 1 aromatic carbocycles. The van der Waals surface area contributed by atoms with Crippen LogP contribution in [0.1, 0.15) is 44.7 Å². The van der Waals surface area contributed by atoms with Crippen molar-refractivity contribution in [1.82, 2.24) is 4.90 Å². The normalized spacial score (nSPS) is 11.6. The van der Waals surface area contributed by atoms with Crippen LogP contribution in [0, 0.1) is 12.3 Å². The first-order valence-electron chi connectivity index (χ1n) is 7.83. The number of benzene rings is 1. The molecule has 1 amide bonds. The highest BCUT2D eigenvalue weighted by molar-refractivity contribution is 5.77. The molecule has 0 fully saturated rings. The molecule has 0 aliphatic heterocycles. The standard InChI is InChI=1S/C18H30N2O2/c1-13(2)15-8-7-14(3)9-16(15)22-10-17(21)20(6)12-18(4,5)11-19/h7-9,13H,10-12,19H2,1-6H3. The molecule has 124 valence electrons. The molecule has 0 spiro atoms. The molecule has 1 aromatic rings. The van der Waals surface area contributed by atoms with Crippen LogP contribution in [0.25, 0.3) is 0 Å². The monoisotopic (exact) mass is 306 g/mol. The fraction of sp³-hybridized carbons (Fsp3) is 0.611. The van der Waals surface area contributed by atoms with Crippen molar-refractivity contribution in [1.29, 1.82) is 0 Å². The largest absolute Gasteiger partial charge is 0.483 e. The fourth-order valence-corrected chi connectivity index (χ4v) is 2.29. The first-order chi connectivity index (χ1) is 10.2. The molecule has 0 saturated heterocycles. The molecule has 0 aromatic heterocycles. The second kappa shape index (κ2) is 7.63. The van der Waals surface area contributed by atoms with Crippen molar-refractivity contribution in [2.24, 2.45) is 11.1 Å². The van der Waals surface area contributed by atoms with Gasteiger partial charge in [-0.2, -0.15) is 0 Å². The molecule has 0 aliphatic rings. The van der Waals surface area contributed by atoms with Crippen LogP contribution < -0.4 is 10.5 Å². The van der Waals surface area contributed by atoms with Gasteiger partial charge in [0.05, 0.1) is 0 Å². The summed E-state index contributed by atoms with van der Waals surface area (Å²) in [5.74, 6) is 1.13. The highest BCUT2D eigenvalue weighted by Gasteiger charge is 2.21. The molecule has 0 unspecified atom stereocenters. The molecule has 2 N–H and O–H groups in total. The van der Waals surface area contributed by atoms with E-state index in [4.69, 9.17) is 10.5 Å². The fourth-order valence-electron chi connectivity index (χ4n) is 2.29. The van der Waals surface area contributed by atoms with Crippen LogP contribution in [0.5, 0.6) is 5.75 Å². The summed E-state index contributed by atoms with van der Waals surface area (Å²) in [5, 5.41) is 0. The number of nitrogens with two attached hydrogens (primary N) is 1. The third-order valence-electron chi connectivity index (χ3n) is 3.79. The van der Waals surface area contributed by atoms with E-state index in [-0.39, 0.29) is 17.9 Å². The molecule has 22 heavy (non-hydrogen) atoms. The first kappa shape index (κ1) is 18.5. The van der Waals surface area contributed by atoms with Crippen LogP contribution in [0.2, 0.25) is 0 Å². The lowest BCUT2D eigenvalue weighted by Crippen LogP contribution is -2.41. The van der Waals surface area contributed by atoms with Crippen molar-refractivity contribution in [2.75, 3.05) is 26.7 Å². The quantitative estimate of drug-likeness (QED) is 0.842. The van der Waals surface area contributed by atoms with Gasteiger partial charge >= 0.3 is 0 Å². The number of hydrogen-bond acceptors (Lipinski definition) is 3. The van der Waals surface area contributed by atoms with E-state index in [1.807, 2.05) is 13.0 Å². The number of rotatable bonds is 7. The molecular weight excluding hydrogens is 276 g/mol. The van der Waals surface area contributed by atoms with E-state index >= 15 is 0 Å². The summed E-state index contributed by atoms with van der Waals surface area (Å²) in [6.45, 7) is 11.6. The predicted molar refractivity (Wildman–Crippen MR) is 91.2 cm³/mol. The van der Waals surface area contributed by atoms with Gasteiger partial charge in [0.15, 0.2) is 6.61 Å². The van der Waals surface area contributed by atoms with Gasteiger partial charge in [-0.15, -0.1) is 0 Å². The van der Waals surface area contributed by atoms with Gasteiger partial charge in [-0.3, -0.25) is 4.79 Å². The molecule has 4 nitrogen and oxygen atoms in total. The van der Waals surface area contributed by atoms with E-state index in [0.29, 0.717) is 19.0 Å². The first-order valence-corrected chi connectivity index (χ1v) is 7.83. The highest BCUT2D eigenvalue weighted by Crippen LogP contribution is 2.27. The minimum Gasteiger partial charge on any atom is -0.483 e. The maximum Gasteiger partial charge on any atom is 0.260 e. The maximum absolute atomic E-state index is 12.2. The zero-order valence-corrected chi connectivity index (χ0v) is 14.8. The third-order valence-corrected chi connectivity index (χ3v) is 3.79. The summed E-state index contributed by atoms with van der Waals surface area (Å²) in [7, 11) is 1.79. The summed E-state index contributed by atoms with van der Waals surface area (Å²) in [5.41, 5.74) is 7.89. The topological polar surface area (TPSA) is 55.6 Å². The summed E-state index contributed by atoms with van der Waals surface area (Å²) in [6.07, 6.45) is 0. The third kappa shape index (κ3) is 5.34. The van der Waals surface area contributed by atoms with E-state index in [1.165, 1.54) is 0 Å². The lowest BCUT2D eigenvalue weighted by atomic mass is 9.93. The summed E-state index contributed by atoms with van der Waals surface area (Å²) >= 11 is 0. The molecule has 4 heteroatoms. The highest BCUT2D eigenvalue weighted by atomic mass is 16.5. The number of carbonyl (C=O) groups excluding carboxylic acids is 1. The Labute approximate surface area is 134 Å². The van der Waals surface area contributed by atoms with Crippen LogP contribution in [0.4, 0.5) is 0 Å². The van der Waals surface area contributed by atoms with Crippen LogP contribution in [0.15, 0.2) is 18.2 Å². The summed E-state index contributed by atoms with van der Waals surface area (Å²) < 4.78 is 5.79. The Morgan fingerprint density at radius 3 is 2.55 bits per heavy atom. The van der Waals surface area contributed by atoms with Crippen molar-refractivity contribution in [3.63, 3.8) is 0 Å². The zero-order valence-electron chi connectivity index (χ0n) is 14.8. The molecule has 0 atom stereocenters. The van der Waals surface area contributed by atoms with Gasteiger partial charge in [-0.25, -0.2) is 0 Å². The van der Waals surface area contributed by atoms with E-state index < -0.39 is 0 Å². The summed E-state index contributed by atoms with van der Waals surface area (Å²) in [6, 6.07) is 6.13. The molecule has 0 saturated carbocycles. The van der Waals surface area contributed by atoms with Crippen molar-refractivity contribution in [3.8, 4) is 5.75 Å². The second-order valence-electron chi connectivity index (χ2n) is 7.10. The van der Waals surface area contributed by atoms with Gasteiger partial charge in [-0.1, -0.05) is 39.8 Å². The van der Waals surface area contributed by atoms with Crippen LogP contribution >= 0.6 is 0 Å². The Bertz CT molecular complexity index is 510. The van der Waals surface area contributed by atoms with Crippen molar-refractivity contribution < 1.29 is 9.53 Å². The minimum absolute atomic E-state index is 0.0299. The smallest absolute Gasteiger partial charge is 0.260 e. The van der Waals surface area contributed by atoms with E-state index in [9.17, 15) is 4.79 Å². The zero-order chi connectivity index (χ0) is 16.9. The van der Waals surface area contributed by atoms with Gasteiger partial charge in [0.1, 0.15) is 5.75 Å². The van der Waals surface area contributed by atoms with Crippen LogP contribution in [-0.4, -0.2) is 37.6 Å². The minimum atomic E-state index is -0.0865. The van der Waals surface area contributed by atoms with Gasteiger partial charge < -0.3 is 15.4 Å². The number of nitrogens with zero attached hydrogens (tertiary/aromatic N) is 1. The molecule has 0 radical (unpaired) electrons. The predicted octanol–water partition coefficient (Wildman–Crippen LogP) is 2.94. The molecule has 0 aliphatic carbocycles. The average Bonchev–Trinajstić information content (AvgIpc) is 2.43. The van der Waals surface area contributed by atoms with Crippen molar-refractivity contribution in [3.05, 3.63) is 29.3 Å². The van der Waals surface area contributed by atoms with E-state index in [2.05, 4.69) is 39.8 Å². The van der Waals surface area contributed by atoms with E-state index in [1.54, 1.807) is 11.9 Å². The number of amides is 1. The van der Waals surface area contributed by atoms with Gasteiger partial charge in [0.25, 0.3) is 5.91 Å². The Hall–Kier alpha value is -1.55. The van der Waals surface area contributed by atoms with Crippen LogP contribution in [-0.2, 0) is 4.79 Å². The molecule has 0 bridgehead atoms. The number of carbonyl (C=O) groups is 1. The Morgan fingerprint density at radius 2 is 2.00 bits per heavy atom. The average molecular weight is 306 g/mol. The molecular formula is C18H30N2O2. The van der Waals surface area contributed by atoms with Gasteiger partial charge in [0, 0.05) is 13.6 Å². The number of aryl methyl sites for hydroxylation is 1. The van der Waals surface area contributed by atoms with Crippen molar-refractivity contribution in [2.45, 2.75) is 40.5 Å². The lowest BCUT2D eigenvalue weighted by molar-refractivity contribution is -0.133. The Balaban J connectivity index is 2.70. The molecule has 1 rings (SSSR count). The Kier molecular flexibility index (Phi) is 6.42. The Morgan fingerprint density at radius 1 is 1.36 bits per heavy atom. The SMILES string of the molecule is Cc1ccc(C(C)C)c(OCC(=O)N(C)CC(C)(C)CN)c1.